The standard InChI is InChI=1S/C17H25NO2S/c1-12(2)18-11-13(3)20-16-7-5-6-15(10-16)8-9-17(19)14(4)21/h5-10,12-14,18,21H,11H2,1-4H3/b9-8+/t13-,14?/m0/s1. The van der Waals surface area contributed by atoms with Crippen LogP contribution in [0.2, 0.25) is 0 Å². The fourth-order valence-electron chi connectivity index (χ4n) is 1.68. The van der Waals surface area contributed by atoms with Gasteiger partial charge >= 0.3 is 0 Å². The second kappa shape index (κ2) is 8.90. The molecule has 116 valence electrons. The summed E-state index contributed by atoms with van der Waals surface area (Å²) < 4.78 is 5.86. The summed E-state index contributed by atoms with van der Waals surface area (Å²) in [6.45, 7) is 8.81. The third kappa shape index (κ3) is 7.34. The molecule has 2 atom stereocenters. The van der Waals surface area contributed by atoms with Crippen molar-refractivity contribution in [2.24, 2.45) is 0 Å². The first-order valence-electron chi connectivity index (χ1n) is 7.28. The molecule has 0 heterocycles. The van der Waals surface area contributed by atoms with Crippen molar-refractivity contribution in [2.75, 3.05) is 6.54 Å². The average molecular weight is 307 g/mol. The Labute approximate surface area is 133 Å². The van der Waals surface area contributed by atoms with Gasteiger partial charge in [-0.25, -0.2) is 0 Å². The van der Waals surface area contributed by atoms with Gasteiger partial charge in [0.15, 0.2) is 5.78 Å². The number of benzene rings is 1. The van der Waals surface area contributed by atoms with E-state index in [-0.39, 0.29) is 17.1 Å². The minimum Gasteiger partial charge on any atom is -0.489 e. The first-order valence-corrected chi connectivity index (χ1v) is 7.80. The van der Waals surface area contributed by atoms with E-state index in [0.29, 0.717) is 6.04 Å². The zero-order chi connectivity index (χ0) is 15.8. The zero-order valence-electron chi connectivity index (χ0n) is 13.2. The predicted molar refractivity (Wildman–Crippen MR) is 92.2 cm³/mol. The minimum absolute atomic E-state index is 0.000781. The van der Waals surface area contributed by atoms with Crippen molar-refractivity contribution in [3.63, 3.8) is 0 Å². The van der Waals surface area contributed by atoms with Gasteiger partial charge in [-0.15, -0.1) is 0 Å². The van der Waals surface area contributed by atoms with E-state index in [0.717, 1.165) is 17.9 Å². The summed E-state index contributed by atoms with van der Waals surface area (Å²) in [4.78, 5) is 11.5. The molecular weight excluding hydrogens is 282 g/mol. The Hall–Kier alpha value is -1.26. The van der Waals surface area contributed by atoms with Gasteiger partial charge in [-0.3, -0.25) is 4.79 Å². The predicted octanol–water partition coefficient (Wildman–Crippen LogP) is 3.35. The number of ether oxygens (including phenoxy) is 1. The molecule has 0 bridgehead atoms. The second-order valence-electron chi connectivity index (χ2n) is 5.48. The van der Waals surface area contributed by atoms with Gasteiger partial charge in [-0.2, -0.15) is 12.6 Å². The van der Waals surface area contributed by atoms with Crippen LogP contribution >= 0.6 is 12.6 Å². The third-order valence-electron chi connectivity index (χ3n) is 2.86. The lowest BCUT2D eigenvalue weighted by atomic mass is 10.1. The van der Waals surface area contributed by atoms with E-state index in [1.807, 2.05) is 31.2 Å². The van der Waals surface area contributed by atoms with Gasteiger partial charge < -0.3 is 10.1 Å². The average Bonchev–Trinajstić information content (AvgIpc) is 2.42. The molecule has 0 aliphatic rings. The van der Waals surface area contributed by atoms with Crippen LogP contribution < -0.4 is 10.1 Å². The molecule has 21 heavy (non-hydrogen) atoms. The van der Waals surface area contributed by atoms with Crippen molar-refractivity contribution in [1.82, 2.24) is 5.32 Å². The van der Waals surface area contributed by atoms with E-state index < -0.39 is 0 Å². The maximum absolute atomic E-state index is 11.5. The van der Waals surface area contributed by atoms with E-state index >= 15 is 0 Å². The summed E-state index contributed by atoms with van der Waals surface area (Å²) in [7, 11) is 0. The van der Waals surface area contributed by atoms with Crippen LogP contribution in [-0.2, 0) is 4.79 Å². The molecule has 0 fully saturated rings. The molecule has 1 rings (SSSR count). The Balaban J connectivity index is 2.62. The maximum atomic E-state index is 11.5. The van der Waals surface area contributed by atoms with Crippen molar-refractivity contribution >= 4 is 24.5 Å². The Morgan fingerprint density at radius 3 is 2.67 bits per heavy atom. The van der Waals surface area contributed by atoms with Crippen molar-refractivity contribution in [1.29, 1.82) is 0 Å². The fourth-order valence-corrected chi connectivity index (χ4v) is 1.77. The summed E-state index contributed by atoms with van der Waals surface area (Å²) in [5.74, 6) is 0.806. The molecule has 1 aromatic rings. The van der Waals surface area contributed by atoms with Gasteiger partial charge in [0, 0.05) is 12.6 Å². The summed E-state index contributed by atoms with van der Waals surface area (Å²) in [5, 5.41) is 3.07. The van der Waals surface area contributed by atoms with E-state index in [1.54, 1.807) is 19.1 Å². The molecule has 0 saturated heterocycles. The largest absolute Gasteiger partial charge is 0.489 e. The highest BCUT2D eigenvalue weighted by Gasteiger charge is 2.06. The van der Waals surface area contributed by atoms with Crippen LogP contribution in [0.3, 0.4) is 0 Å². The highest BCUT2D eigenvalue weighted by atomic mass is 32.1. The van der Waals surface area contributed by atoms with Crippen LogP contribution in [0, 0.1) is 0 Å². The van der Waals surface area contributed by atoms with E-state index in [2.05, 4.69) is 31.8 Å². The topological polar surface area (TPSA) is 38.3 Å². The number of thiol groups is 1. The number of hydrogen-bond acceptors (Lipinski definition) is 4. The van der Waals surface area contributed by atoms with Crippen LogP contribution in [0.15, 0.2) is 30.3 Å². The van der Waals surface area contributed by atoms with Crippen molar-refractivity contribution in [2.45, 2.75) is 45.1 Å². The molecular formula is C17H25NO2S. The lowest BCUT2D eigenvalue weighted by Gasteiger charge is -2.17. The minimum atomic E-state index is -0.275. The summed E-state index contributed by atoms with van der Waals surface area (Å²) in [5.41, 5.74) is 0.943. The van der Waals surface area contributed by atoms with Crippen LogP contribution in [0.4, 0.5) is 0 Å². The van der Waals surface area contributed by atoms with Gasteiger partial charge in [-0.05, 0) is 37.6 Å². The lowest BCUT2D eigenvalue weighted by molar-refractivity contribution is -0.113. The Morgan fingerprint density at radius 2 is 2.05 bits per heavy atom. The number of rotatable bonds is 8. The highest BCUT2D eigenvalue weighted by molar-refractivity contribution is 7.81. The number of nitrogens with one attached hydrogen (secondary N) is 1. The Morgan fingerprint density at radius 1 is 1.33 bits per heavy atom. The lowest BCUT2D eigenvalue weighted by Crippen LogP contribution is -2.33. The van der Waals surface area contributed by atoms with Crippen molar-refractivity contribution in [3.8, 4) is 5.75 Å². The van der Waals surface area contributed by atoms with E-state index in [9.17, 15) is 4.79 Å². The highest BCUT2D eigenvalue weighted by Crippen LogP contribution is 2.16. The molecule has 1 N–H and O–H groups in total. The SMILES string of the molecule is CC(C)NC[C@H](C)Oc1cccc(/C=C/C(=O)C(C)S)c1. The number of ketones is 1. The molecule has 0 aliphatic carbocycles. The molecule has 0 amide bonds. The Kier molecular flexibility index (Phi) is 7.54. The van der Waals surface area contributed by atoms with Crippen LogP contribution in [0.1, 0.15) is 33.3 Å². The number of carbonyl (C=O) groups excluding carboxylic acids is 1. The molecule has 0 radical (unpaired) electrons. The summed E-state index contributed by atoms with van der Waals surface area (Å²) >= 11 is 4.11. The van der Waals surface area contributed by atoms with Crippen molar-refractivity contribution < 1.29 is 9.53 Å². The van der Waals surface area contributed by atoms with Gasteiger partial charge in [0.2, 0.25) is 0 Å². The van der Waals surface area contributed by atoms with Crippen molar-refractivity contribution in [3.05, 3.63) is 35.9 Å². The fraction of sp³-hybridized carbons (Fsp3) is 0.471. The molecule has 4 heteroatoms. The van der Waals surface area contributed by atoms with Gasteiger partial charge in [0.1, 0.15) is 11.9 Å². The zero-order valence-corrected chi connectivity index (χ0v) is 14.1. The summed E-state index contributed by atoms with van der Waals surface area (Å²) in [6.07, 6.45) is 3.44. The summed E-state index contributed by atoms with van der Waals surface area (Å²) in [6, 6.07) is 8.16. The van der Waals surface area contributed by atoms with Gasteiger partial charge in [-0.1, -0.05) is 32.1 Å². The number of hydrogen-bond donors (Lipinski definition) is 2. The quantitative estimate of drug-likeness (QED) is 0.571. The van der Waals surface area contributed by atoms with E-state index in [4.69, 9.17) is 4.74 Å². The normalized spacial score (nSPS) is 14.4. The second-order valence-corrected chi connectivity index (χ2v) is 6.25. The molecule has 0 saturated carbocycles. The Bertz CT molecular complexity index is 483. The molecule has 0 spiro atoms. The first-order chi connectivity index (χ1) is 9.88. The molecule has 1 unspecified atom stereocenters. The molecule has 0 aliphatic heterocycles. The first kappa shape index (κ1) is 17.8. The van der Waals surface area contributed by atoms with Crippen LogP contribution in [-0.4, -0.2) is 29.7 Å². The van der Waals surface area contributed by atoms with Crippen LogP contribution in [0.25, 0.3) is 6.08 Å². The number of allylic oxidation sites excluding steroid dienone is 1. The molecule has 0 aromatic heterocycles. The smallest absolute Gasteiger partial charge is 0.168 e. The van der Waals surface area contributed by atoms with Gasteiger partial charge in [0.25, 0.3) is 0 Å². The van der Waals surface area contributed by atoms with Crippen LogP contribution in [0.5, 0.6) is 5.75 Å². The monoisotopic (exact) mass is 307 g/mol. The molecule has 1 aromatic carbocycles. The third-order valence-corrected chi connectivity index (χ3v) is 3.12. The molecule has 3 nitrogen and oxygen atoms in total. The number of carbonyl (C=O) groups is 1. The van der Waals surface area contributed by atoms with E-state index in [1.165, 1.54) is 0 Å². The van der Waals surface area contributed by atoms with Gasteiger partial charge in [0.05, 0.1) is 5.25 Å². The maximum Gasteiger partial charge on any atom is 0.168 e.